The molecule has 132 valence electrons. The van der Waals surface area contributed by atoms with Crippen LogP contribution in [0.1, 0.15) is 34.7 Å². The second kappa shape index (κ2) is 6.79. The number of aryl methyl sites for hydroxylation is 1. The van der Waals surface area contributed by atoms with Crippen molar-refractivity contribution < 1.29 is 0 Å². The molecule has 3 atom stereocenters. The first-order chi connectivity index (χ1) is 12.2. The average Bonchev–Trinajstić information content (AvgIpc) is 2.91. The topological polar surface area (TPSA) is 40.5 Å². The van der Waals surface area contributed by atoms with E-state index in [2.05, 4.69) is 65.7 Å². The van der Waals surface area contributed by atoms with Gasteiger partial charge in [-0.3, -0.25) is 4.99 Å². The highest BCUT2D eigenvalue weighted by Crippen LogP contribution is 2.61. The summed E-state index contributed by atoms with van der Waals surface area (Å²) < 4.78 is 0. The number of rotatable bonds is 5. The van der Waals surface area contributed by atoms with Crippen LogP contribution in [0.15, 0.2) is 34.6 Å². The molecule has 3 unspecified atom stereocenters. The first-order valence-electron chi connectivity index (χ1n) is 9.15. The van der Waals surface area contributed by atoms with Crippen LogP contribution in [0.2, 0.25) is 0 Å². The van der Waals surface area contributed by atoms with Crippen molar-refractivity contribution in [1.82, 2.24) is 15.2 Å². The zero-order chi connectivity index (χ0) is 17.4. The summed E-state index contributed by atoms with van der Waals surface area (Å²) in [5.74, 6) is 3.27. The fourth-order valence-corrected chi connectivity index (χ4v) is 4.80. The van der Waals surface area contributed by atoms with E-state index in [0.29, 0.717) is 0 Å². The monoisotopic (exact) mass is 354 g/mol. The fourth-order valence-electron chi connectivity index (χ4n) is 4.19. The number of hydrogen-bond acceptors (Lipinski definition) is 3. The Morgan fingerprint density at radius 3 is 3.00 bits per heavy atom. The summed E-state index contributed by atoms with van der Waals surface area (Å²) >= 11 is 1.71. The molecule has 4 nitrogen and oxygen atoms in total. The van der Waals surface area contributed by atoms with Crippen LogP contribution in [0.5, 0.6) is 0 Å². The van der Waals surface area contributed by atoms with Crippen LogP contribution in [-0.2, 0) is 13.0 Å². The average molecular weight is 355 g/mol. The van der Waals surface area contributed by atoms with Gasteiger partial charge in [0.05, 0.1) is 17.2 Å². The molecule has 0 radical (unpaired) electrons. The van der Waals surface area contributed by atoms with Crippen molar-refractivity contribution in [2.24, 2.45) is 16.8 Å². The van der Waals surface area contributed by atoms with Gasteiger partial charge in [0, 0.05) is 25.5 Å². The van der Waals surface area contributed by atoms with E-state index in [1.807, 2.05) is 0 Å². The standard InChI is InChI=1S/C20H26N4S/c1-4-21-20(24(3)11-15-12-25-13(2)23-15)22-10-18-17-9-14-7-5-6-8-16(14)19(17)18/h5-8,12,17-19H,4,9-11H2,1-3H3,(H,21,22). The number of guanidine groups is 1. The molecule has 1 N–H and O–H groups in total. The van der Waals surface area contributed by atoms with Crippen molar-refractivity contribution >= 4 is 17.3 Å². The van der Waals surface area contributed by atoms with E-state index >= 15 is 0 Å². The molecule has 1 saturated carbocycles. The summed E-state index contributed by atoms with van der Waals surface area (Å²) in [4.78, 5) is 11.7. The number of nitrogens with zero attached hydrogens (tertiary/aromatic N) is 3. The minimum absolute atomic E-state index is 0.721. The fraction of sp³-hybridized carbons (Fsp3) is 0.500. The Morgan fingerprint density at radius 2 is 2.24 bits per heavy atom. The molecule has 0 bridgehead atoms. The van der Waals surface area contributed by atoms with Crippen LogP contribution in [0.25, 0.3) is 0 Å². The Bertz CT molecular complexity index is 782. The highest BCUT2D eigenvalue weighted by molar-refractivity contribution is 7.09. The highest BCUT2D eigenvalue weighted by Gasteiger charge is 2.54. The number of fused-ring (bicyclic) bond motifs is 3. The van der Waals surface area contributed by atoms with Crippen molar-refractivity contribution in [3.63, 3.8) is 0 Å². The molecule has 1 aromatic carbocycles. The van der Waals surface area contributed by atoms with Crippen LogP contribution in [0.4, 0.5) is 0 Å². The lowest BCUT2D eigenvalue weighted by Gasteiger charge is -2.21. The first-order valence-corrected chi connectivity index (χ1v) is 10.0. The van der Waals surface area contributed by atoms with E-state index in [-0.39, 0.29) is 0 Å². The third-order valence-electron chi connectivity index (χ3n) is 5.42. The third kappa shape index (κ3) is 3.30. The summed E-state index contributed by atoms with van der Waals surface area (Å²) in [6, 6.07) is 8.93. The second-order valence-electron chi connectivity index (χ2n) is 7.16. The molecule has 0 amide bonds. The normalized spacial score (nSPS) is 24.0. The summed E-state index contributed by atoms with van der Waals surface area (Å²) in [6.07, 6.45) is 1.24. The van der Waals surface area contributed by atoms with Crippen LogP contribution in [0, 0.1) is 18.8 Å². The van der Waals surface area contributed by atoms with Gasteiger partial charge in [0.2, 0.25) is 0 Å². The molecule has 5 heteroatoms. The molecule has 0 saturated heterocycles. The molecule has 0 aliphatic heterocycles. The maximum atomic E-state index is 4.94. The number of aromatic nitrogens is 1. The van der Waals surface area contributed by atoms with E-state index in [9.17, 15) is 0 Å². The van der Waals surface area contributed by atoms with Crippen molar-refractivity contribution in [2.45, 2.75) is 32.7 Å². The predicted octanol–water partition coefficient (Wildman–Crippen LogP) is 3.43. The van der Waals surface area contributed by atoms with Gasteiger partial charge in [0.25, 0.3) is 0 Å². The predicted molar refractivity (Wildman–Crippen MR) is 104 cm³/mol. The molecular formula is C20H26N4S. The Balaban J connectivity index is 1.40. The number of aliphatic imine (C=N–C) groups is 1. The van der Waals surface area contributed by atoms with Gasteiger partial charge in [-0.25, -0.2) is 4.98 Å². The first kappa shape index (κ1) is 16.6. The Labute approximate surface area is 154 Å². The number of hydrogen-bond donors (Lipinski definition) is 1. The molecule has 25 heavy (non-hydrogen) atoms. The minimum Gasteiger partial charge on any atom is -0.357 e. The minimum atomic E-state index is 0.721. The second-order valence-corrected chi connectivity index (χ2v) is 8.23. The quantitative estimate of drug-likeness (QED) is 0.660. The molecule has 2 aromatic rings. The molecule has 0 spiro atoms. The highest BCUT2D eigenvalue weighted by atomic mass is 32.1. The molecule has 1 fully saturated rings. The van der Waals surface area contributed by atoms with Crippen LogP contribution < -0.4 is 5.32 Å². The van der Waals surface area contributed by atoms with Crippen molar-refractivity contribution in [3.8, 4) is 0 Å². The van der Waals surface area contributed by atoms with Gasteiger partial charge in [-0.1, -0.05) is 24.3 Å². The summed E-state index contributed by atoms with van der Waals surface area (Å²) in [6.45, 7) is 6.79. The molecule has 1 heterocycles. The number of nitrogens with one attached hydrogen (secondary N) is 1. The molecule has 2 aliphatic rings. The van der Waals surface area contributed by atoms with Crippen molar-refractivity contribution in [3.05, 3.63) is 51.5 Å². The SMILES string of the molecule is CCNC(=NCC1C2Cc3ccccc3C12)N(C)Cc1csc(C)n1. The maximum absolute atomic E-state index is 4.94. The lowest BCUT2D eigenvalue weighted by Crippen LogP contribution is -2.38. The summed E-state index contributed by atoms with van der Waals surface area (Å²) in [7, 11) is 2.10. The lowest BCUT2D eigenvalue weighted by molar-refractivity contribution is 0.469. The van der Waals surface area contributed by atoms with Crippen LogP contribution >= 0.6 is 11.3 Å². The smallest absolute Gasteiger partial charge is 0.194 e. The largest absolute Gasteiger partial charge is 0.357 e. The summed E-state index contributed by atoms with van der Waals surface area (Å²) in [5, 5.41) is 6.69. The third-order valence-corrected chi connectivity index (χ3v) is 6.24. The van der Waals surface area contributed by atoms with Crippen LogP contribution in [-0.4, -0.2) is 36.0 Å². The Hall–Kier alpha value is -1.88. The number of thiazole rings is 1. The Kier molecular flexibility index (Phi) is 4.50. The van der Waals surface area contributed by atoms with Crippen molar-refractivity contribution in [2.75, 3.05) is 20.1 Å². The van der Waals surface area contributed by atoms with Gasteiger partial charge in [-0.15, -0.1) is 11.3 Å². The van der Waals surface area contributed by atoms with Gasteiger partial charge in [-0.05, 0) is 49.1 Å². The van der Waals surface area contributed by atoms with Crippen molar-refractivity contribution in [1.29, 1.82) is 0 Å². The van der Waals surface area contributed by atoms with Gasteiger partial charge in [0.1, 0.15) is 0 Å². The number of benzene rings is 1. The zero-order valence-corrected chi connectivity index (χ0v) is 16.0. The van der Waals surface area contributed by atoms with E-state index in [4.69, 9.17) is 4.99 Å². The van der Waals surface area contributed by atoms with Gasteiger partial charge in [0.15, 0.2) is 5.96 Å². The molecule has 4 rings (SSSR count). The van der Waals surface area contributed by atoms with Gasteiger partial charge >= 0.3 is 0 Å². The lowest BCUT2D eigenvalue weighted by atomic mass is 10.0. The van der Waals surface area contributed by atoms with E-state index in [1.165, 1.54) is 6.42 Å². The maximum Gasteiger partial charge on any atom is 0.194 e. The Morgan fingerprint density at radius 1 is 1.40 bits per heavy atom. The molecular weight excluding hydrogens is 328 g/mol. The van der Waals surface area contributed by atoms with E-state index in [1.54, 1.807) is 22.5 Å². The van der Waals surface area contributed by atoms with E-state index < -0.39 is 0 Å². The summed E-state index contributed by atoms with van der Waals surface area (Å²) in [5.41, 5.74) is 4.25. The zero-order valence-electron chi connectivity index (χ0n) is 15.2. The van der Waals surface area contributed by atoms with E-state index in [0.717, 1.165) is 54.0 Å². The van der Waals surface area contributed by atoms with Crippen LogP contribution in [0.3, 0.4) is 0 Å². The van der Waals surface area contributed by atoms with Gasteiger partial charge in [-0.2, -0.15) is 0 Å². The molecule has 2 aliphatic carbocycles. The van der Waals surface area contributed by atoms with Gasteiger partial charge < -0.3 is 10.2 Å². The molecule has 1 aromatic heterocycles.